The molecule has 3 aromatic rings. The van der Waals surface area contributed by atoms with Gasteiger partial charge in [-0.2, -0.15) is 0 Å². The van der Waals surface area contributed by atoms with Gasteiger partial charge in [0.25, 0.3) is 5.91 Å². The SMILES string of the molecule is CC(=O)Oc1cccc(C2C3=C(CC(C)(C)CC3=O)Nc3ccccc3N2C(=O)c2ccccc2)c1. The molecule has 0 fully saturated rings. The minimum absolute atomic E-state index is 0.00435. The van der Waals surface area contributed by atoms with Crippen molar-refractivity contribution in [2.75, 3.05) is 10.2 Å². The number of ether oxygens (including phenoxy) is 1. The summed E-state index contributed by atoms with van der Waals surface area (Å²) in [6.45, 7) is 5.50. The van der Waals surface area contributed by atoms with Crippen LogP contribution < -0.4 is 15.0 Å². The van der Waals surface area contributed by atoms with Crippen LogP contribution in [-0.4, -0.2) is 17.7 Å². The van der Waals surface area contributed by atoms with Crippen LogP contribution >= 0.6 is 0 Å². The first-order chi connectivity index (χ1) is 17.2. The van der Waals surface area contributed by atoms with E-state index in [1.54, 1.807) is 35.2 Å². The summed E-state index contributed by atoms with van der Waals surface area (Å²) in [5, 5.41) is 3.51. The Morgan fingerprint density at radius 2 is 1.67 bits per heavy atom. The summed E-state index contributed by atoms with van der Waals surface area (Å²) in [6.07, 6.45) is 1.03. The number of nitrogens with zero attached hydrogens (tertiary/aromatic N) is 1. The molecule has 0 radical (unpaired) electrons. The number of benzene rings is 3. The molecule has 1 atom stereocenters. The monoisotopic (exact) mass is 480 g/mol. The number of esters is 1. The molecular weight excluding hydrogens is 452 g/mol. The summed E-state index contributed by atoms with van der Waals surface area (Å²) < 4.78 is 5.36. The first-order valence-corrected chi connectivity index (χ1v) is 12.0. The molecule has 0 bridgehead atoms. The number of carbonyl (C=O) groups is 3. The smallest absolute Gasteiger partial charge is 0.308 e. The summed E-state index contributed by atoms with van der Waals surface area (Å²) in [7, 11) is 0. The molecule has 6 heteroatoms. The fourth-order valence-corrected chi connectivity index (χ4v) is 5.16. The maximum atomic E-state index is 14.1. The van der Waals surface area contributed by atoms with E-state index >= 15 is 0 Å². The van der Waals surface area contributed by atoms with E-state index in [0.717, 1.165) is 11.4 Å². The van der Waals surface area contributed by atoms with Gasteiger partial charge >= 0.3 is 5.97 Å². The van der Waals surface area contributed by atoms with Crippen molar-refractivity contribution in [3.05, 3.63) is 101 Å². The van der Waals surface area contributed by atoms with Gasteiger partial charge in [0, 0.05) is 30.2 Å². The van der Waals surface area contributed by atoms with E-state index < -0.39 is 12.0 Å². The standard InChI is InChI=1S/C30H28N2O4/c1-19(33)36-22-13-9-12-21(16-22)28-27-24(17-30(2,3)18-26(27)34)31-23-14-7-8-15-25(23)32(28)29(35)20-10-5-4-6-11-20/h4-16,28,31H,17-18H2,1-3H3. The summed E-state index contributed by atoms with van der Waals surface area (Å²) >= 11 is 0. The maximum absolute atomic E-state index is 14.1. The third-order valence-electron chi connectivity index (χ3n) is 6.58. The van der Waals surface area contributed by atoms with Gasteiger partial charge in [-0.25, -0.2) is 0 Å². The highest BCUT2D eigenvalue weighted by molar-refractivity contribution is 6.12. The first kappa shape index (κ1) is 23.5. The Bertz CT molecular complexity index is 1390. The Labute approximate surface area is 210 Å². The lowest BCUT2D eigenvalue weighted by Crippen LogP contribution is -2.39. The van der Waals surface area contributed by atoms with Gasteiger partial charge in [0.1, 0.15) is 5.75 Å². The molecule has 0 aromatic heterocycles. The van der Waals surface area contributed by atoms with Crippen molar-refractivity contribution in [3.8, 4) is 5.75 Å². The van der Waals surface area contributed by atoms with E-state index in [4.69, 9.17) is 4.74 Å². The van der Waals surface area contributed by atoms with E-state index in [9.17, 15) is 14.4 Å². The van der Waals surface area contributed by atoms with Crippen LogP contribution in [0.1, 0.15) is 55.6 Å². The molecule has 5 rings (SSSR count). The number of ketones is 1. The van der Waals surface area contributed by atoms with Crippen LogP contribution in [-0.2, 0) is 9.59 Å². The highest BCUT2D eigenvalue weighted by atomic mass is 16.5. The van der Waals surface area contributed by atoms with Gasteiger partial charge < -0.3 is 10.1 Å². The van der Waals surface area contributed by atoms with Crippen molar-refractivity contribution in [2.45, 2.75) is 39.7 Å². The van der Waals surface area contributed by atoms with Gasteiger partial charge in [-0.3, -0.25) is 19.3 Å². The second-order valence-electron chi connectivity index (χ2n) is 10.1. The van der Waals surface area contributed by atoms with Crippen LogP contribution in [0.15, 0.2) is 90.1 Å². The predicted octanol–water partition coefficient (Wildman–Crippen LogP) is 6.07. The number of para-hydroxylation sites is 2. The molecular formula is C30H28N2O4. The third kappa shape index (κ3) is 4.42. The molecule has 3 aromatic carbocycles. The van der Waals surface area contributed by atoms with Crippen molar-refractivity contribution in [3.63, 3.8) is 0 Å². The first-order valence-electron chi connectivity index (χ1n) is 12.0. The molecule has 36 heavy (non-hydrogen) atoms. The minimum Gasteiger partial charge on any atom is -0.427 e. The van der Waals surface area contributed by atoms with E-state index in [1.165, 1.54) is 6.92 Å². The average molecular weight is 481 g/mol. The lowest BCUT2D eigenvalue weighted by atomic mass is 9.73. The third-order valence-corrected chi connectivity index (χ3v) is 6.58. The van der Waals surface area contributed by atoms with Crippen LogP contribution in [0.25, 0.3) is 0 Å². The second kappa shape index (κ2) is 9.11. The molecule has 1 aliphatic carbocycles. The number of anilines is 2. The Balaban J connectivity index is 1.78. The van der Waals surface area contributed by atoms with Crippen molar-refractivity contribution in [1.29, 1.82) is 0 Å². The summed E-state index contributed by atoms with van der Waals surface area (Å²) in [5.74, 6) is -0.301. The van der Waals surface area contributed by atoms with Gasteiger partial charge in [-0.15, -0.1) is 0 Å². The number of hydrogen-bond acceptors (Lipinski definition) is 5. The molecule has 1 heterocycles. The number of hydrogen-bond donors (Lipinski definition) is 1. The van der Waals surface area contributed by atoms with Crippen LogP contribution in [0.2, 0.25) is 0 Å². The van der Waals surface area contributed by atoms with E-state index in [2.05, 4.69) is 19.2 Å². The highest BCUT2D eigenvalue weighted by Gasteiger charge is 2.43. The molecule has 0 saturated heterocycles. The minimum atomic E-state index is -0.706. The van der Waals surface area contributed by atoms with Crippen molar-refractivity contribution < 1.29 is 19.1 Å². The van der Waals surface area contributed by atoms with E-state index in [0.29, 0.717) is 41.0 Å². The Hall–Kier alpha value is -4.19. The van der Waals surface area contributed by atoms with Crippen molar-refractivity contribution in [2.24, 2.45) is 5.41 Å². The van der Waals surface area contributed by atoms with E-state index in [1.807, 2.05) is 48.5 Å². The Morgan fingerprint density at radius 3 is 2.42 bits per heavy atom. The van der Waals surface area contributed by atoms with Crippen LogP contribution in [0.5, 0.6) is 5.75 Å². The highest BCUT2D eigenvalue weighted by Crippen LogP contribution is 2.49. The molecule has 1 amide bonds. The summed E-state index contributed by atoms with van der Waals surface area (Å²) in [4.78, 5) is 41.3. The predicted molar refractivity (Wildman–Crippen MR) is 139 cm³/mol. The number of rotatable bonds is 3. The Morgan fingerprint density at radius 1 is 0.944 bits per heavy atom. The fourth-order valence-electron chi connectivity index (χ4n) is 5.16. The number of allylic oxidation sites excluding steroid dienone is 1. The Kier molecular flexibility index (Phi) is 5.96. The van der Waals surface area contributed by atoms with Gasteiger partial charge in [0.05, 0.1) is 17.4 Å². The normalized spacial score (nSPS) is 18.5. The number of carbonyl (C=O) groups excluding carboxylic acids is 3. The van der Waals surface area contributed by atoms with Crippen molar-refractivity contribution >= 4 is 29.0 Å². The van der Waals surface area contributed by atoms with Gasteiger partial charge in [-0.05, 0) is 53.8 Å². The topological polar surface area (TPSA) is 75.7 Å². The number of amides is 1. The molecule has 0 spiro atoms. The molecule has 6 nitrogen and oxygen atoms in total. The molecule has 2 aliphatic rings. The van der Waals surface area contributed by atoms with Gasteiger partial charge in [0.2, 0.25) is 0 Å². The zero-order chi connectivity index (χ0) is 25.4. The maximum Gasteiger partial charge on any atom is 0.308 e. The largest absolute Gasteiger partial charge is 0.427 e. The van der Waals surface area contributed by atoms with Crippen molar-refractivity contribution in [1.82, 2.24) is 0 Å². The molecule has 182 valence electrons. The number of Topliss-reactive ketones (excluding diaryl/α,β-unsaturated/α-hetero) is 1. The molecule has 0 saturated carbocycles. The molecule has 1 unspecified atom stereocenters. The average Bonchev–Trinajstić information content (AvgIpc) is 2.97. The zero-order valence-corrected chi connectivity index (χ0v) is 20.6. The van der Waals surface area contributed by atoms with Gasteiger partial charge in [0.15, 0.2) is 5.78 Å². The zero-order valence-electron chi connectivity index (χ0n) is 20.6. The number of fused-ring (bicyclic) bond motifs is 1. The molecule has 1 N–H and O–H groups in total. The van der Waals surface area contributed by atoms with Crippen LogP contribution in [0.4, 0.5) is 11.4 Å². The van der Waals surface area contributed by atoms with Crippen LogP contribution in [0, 0.1) is 5.41 Å². The number of nitrogens with one attached hydrogen (secondary N) is 1. The van der Waals surface area contributed by atoms with E-state index in [-0.39, 0.29) is 17.1 Å². The summed E-state index contributed by atoms with van der Waals surface area (Å²) in [5.41, 5.74) is 3.80. The molecule has 1 aliphatic heterocycles. The quantitative estimate of drug-likeness (QED) is 0.364. The lowest BCUT2D eigenvalue weighted by molar-refractivity contribution is -0.131. The fraction of sp³-hybridized carbons (Fsp3) is 0.233. The second-order valence-corrected chi connectivity index (χ2v) is 10.1. The summed E-state index contributed by atoms with van der Waals surface area (Å²) in [6, 6.07) is 23.0. The van der Waals surface area contributed by atoms with Crippen LogP contribution in [0.3, 0.4) is 0 Å². The van der Waals surface area contributed by atoms with Gasteiger partial charge in [-0.1, -0.05) is 56.3 Å². The lowest BCUT2D eigenvalue weighted by Gasteiger charge is -2.37.